The predicted octanol–water partition coefficient (Wildman–Crippen LogP) is 2.09. The molecule has 0 radical (unpaired) electrons. The van der Waals surface area contributed by atoms with Gasteiger partial charge in [0.2, 0.25) is 6.10 Å². The average molecular weight is 401 g/mol. The third-order valence-corrected chi connectivity index (χ3v) is 4.35. The van der Waals surface area contributed by atoms with Gasteiger partial charge in [0.15, 0.2) is 29.1 Å². The lowest BCUT2D eigenvalue weighted by Gasteiger charge is -2.25. The van der Waals surface area contributed by atoms with Crippen LogP contribution in [0.4, 0.5) is 0 Å². The molecule has 154 valence electrons. The van der Waals surface area contributed by atoms with Crippen LogP contribution in [0, 0.1) is 0 Å². The number of para-hydroxylation sites is 2. The molecule has 0 saturated carbocycles. The van der Waals surface area contributed by atoms with E-state index >= 15 is 0 Å². The molecule has 1 amide bonds. The molecule has 0 unspecified atom stereocenters. The molecule has 29 heavy (non-hydrogen) atoms. The van der Waals surface area contributed by atoms with Crippen molar-refractivity contribution in [3.63, 3.8) is 0 Å². The van der Waals surface area contributed by atoms with Crippen molar-refractivity contribution in [3.8, 4) is 23.0 Å². The highest BCUT2D eigenvalue weighted by Gasteiger charge is 2.31. The summed E-state index contributed by atoms with van der Waals surface area (Å²) in [5.41, 5.74) is 0.815. The number of rotatable bonds is 7. The number of carbonyl (C=O) groups excluding carboxylic acids is 2. The molecule has 0 aliphatic carbocycles. The summed E-state index contributed by atoms with van der Waals surface area (Å²) in [6.07, 6.45) is -1.91. The molecule has 0 bridgehead atoms. The second-order valence-corrected chi connectivity index (χ2v) is 6.35. The van der Waals surface area contributed by atoms with Crippen molar-refractivity contribution >= 4 is 11.9 Å². The van der Waals surface area contributed by atoms with Crippen LogP contribution in [-0.4, -0.2) is 44.9 Å². The van der Waals surface area contributed by atoms with E-state index in [0.29, 0.717) is 23.0 Å². The van der Waals surface area contributed by atoms with Gasteiger partial charge in [-0.05, 0) is 36.8 Å². The average Bonchev–Trinajstić information content (AvgIpc) is 2.76. The largest absolute Gasteiger partial charge is 0.493 e. The van der Waals surface area contributed by atoms with Crippen LogP contribution in [0.1, 0.15) is 12.5 Å². The summed E-state index contributed by atoms with van der Waals surface area (Å²) in [5.74, 6) is 1.11. The molecule has 1 N–H and O–H groups in total. The number of hydrogen-bond donors (Lipinski definition) is 1. The van der Waals surface area contributed by atoms with E-state index in [1.807, 2.05) is 12.1 Å². The summed E-state index contributed by atoms with van der Waals surface area (Å²) in [6, 6.07) is 12.4. The van der Waals surface area contributed by atoms with Gasteiger partial charge in [-0.2, -0.15) is 0 Å². The predicted molar refractivity (Wildman–Crippen MR) is 103 cm³/mol. The number of esters is 1. The lowest BCUT2D eigenvalue weighted by atomic mass is 10.2. The lowest BCUT2D eigenvalue weighted by molar-refractivity contribution is -0.163. The van der Waals surface area contributed by atoms with Crippen LogP contribution in [0.25, 0.3) is 0 Å². The molecule has 2 atom stereocenters. The zero-order chi connectivity index (χ0) is 20.8. The number of hydrogen-bond acceptors (Lipinski definition) is 7. The van der Waals surface area contributed by atoms with Gasteiger partial charge in [0.05, 0.1) is 14.2 Å². The first-order valence-electron chi connectivity index (χ1n) is 9.09. The van der Waals surface area contributed by atoms with Gasteiger partial charge in [-0.25, -0.2) is 4.79 Å². The molecule has 1 aliphatic heterocycles. The number of fused-ring (bicyclic) bond motifs is 1. The standard InChI is InChI=1S/C21H23NO7/c1-13(20(23)22-11-14-8-9-15(25-2)18(10-14)26-3)28-21(24)19-12-27-16-6-4-5-7-17(16)29-19/h4-10,13,19H,11-12H2,1-3H3,(H,22,23)/t13-,19-/m1/s1. The Morgan fingerprint density at radius 2 is 1.83 bits per heavy atom. The van der Waals surface area contributed by atoms with Crippen LogP contribution in [-0.2, 0) is 20.9 Å². The minimum absolute atomic E-state index is 0.0236. The number of methoxy groups -OCH3 is 2. The monoisotopic (exact) mass is 401 g/mol. The fourth-order valence-corrected chi connectivity index (χ4v) is 2.76. The van der Waals surface area contributed by atoms with Gasteiger partial charge in [-0.3, -0.25) is 4.79 Å². The minimum Gasteiger partial charge on any atom is -0.493 e. The Labute approximate surface area is 168 Å². The number of amides is 1. The van der Waals surface area contributed by atoms with Crippen LogP contribution >= 0.6 is 0 Å². The van der Waals surface area contributed by atoms with Crippen LogP contribution in [0.2, 0.25) is 0 Å². The Morgan fingerprint density at radius 3 is 2.55 bits per heavy atom. The van der Waals surface area contributed by atoms with Gasteiger partial charge >= 0.3 is 5.97 Å². The maximum absolute atomic E-state index is 12.3. The van der Waals surface area contributed by atoms with Gasteiger partial charge in [0.25, 0.3) is 5.91 Å². The number of carbonyl (C=O) groups is 2. The molecule has 8 heteroatoms. The molecule has 2 aromatic carbocycles. The topological polar surface area (TPSA) is 92.3 Å². The molecule has 0 fully saturated rings. The van der Waals surface area contributed by atoms with Crippen molar-refractivity contribution in [2.75, 3.05) is 20.8 Å². The third-order valence-electron chi connectivity index (χ3n) is 4.35. The first-order valence-corrected chi connectivity index (χ1v) is 9.09. The highest BCUT2D eigenvalue weighted by atomic mass is 16.6. The van der Waals surface area contributed by atoms with Crippen molar-refractivity contribution in [3.05, 3.63) is 48.0 Å². The molecule has 0 saturated heterocycles. The molecule has 2 aromatic rings. The molecule has 1 aliphatic rings. The van der Waals surface area contributed by atoms with Gasteiger partial charge in [0, 0.05) is 6.54 Å². The maximum Gasteiger partial charge on any atom is 0.351 e. The van der Waals surface area contributed by atoms with Crippen molar-refractivity contribution in [2.24, 2.45) is 0 Å². The highest BCUT2D eigenvalue weighted by Crippen LogP contribution is 2.31. The van der Waals surface area contributed by atoms with Gasteiger partial charge < -0.3 is 29.0 Å². The smallest absolute Gasteiger partial charge is 0.351 e. The summed E-state index contributed by atoms with van der Waals surface area (Å²) in [6.45, 7) is 1.77. The SMILES string of the molecule is COc1ccc(CNC(=O)[C@@H](C)OC(=O)[C@H]2COc3ccccc3O2)cc1OC. The third kappa shape index (κ3) is 4.90. The van der Waals surface area contributed by atoms with Crippen molar-refractivity contribution in [1.82, 2.24) is 5.32 Å². The van der Waals surface area contributed by atoms with Crippen LogP contribution in [0.15, 0.2) is 42.5 Å². The second kappa shape index (κ2) is 9.18. The Hall–Kier alpha value is -3.42. The minimum atomic E-state index is -0.983. The Morgan fingerprint density at radius 1 is 1.10 bits per heavy atom. The van der Waals surface area contributed by atoms with Crippen molar-refractivity contribution in [1.29, 1.82) is 0 Å². The summed E-state index contributed by atoms with van der Waals surface area (Å²) in [7, 11) is 3.09. The van der Waals surface area contributed by atoms with Gasteiger partial charge in [0.1, 0.15) is 6.61 Å². The summed E-state index contributed by atoms with van der Waals surface area (Å²) >= 11 is 0. The first-order chi connectivity index (χ1) is 14.0. The quantitative estimate of drug-likeness (QED) is 0.710. The van der Waals surface area contributed by atoms with E-state index in [9.17, 15) is 9.59 Å². The molecule has 1 heterocycles. The van der Waals surface area contributed by atoms with E-state index < -0.39 is 24.1 Å². The Kier molecular flexibility index (Phi) is 6.43. The van der Waals surface area contributed by atoms with E-state index in [2.05, 4.69) is 5.32 Å². The van der Waals surface area contributed by atoms with Gasteiger partial charge in [-0.1, -0.05) is 18.2 Å². The first kappa shape index (κ1) is 20.3. The molecule has 0 aromatic heterocycles. The Bertz CT molecular complexity index is 883. The van der Waals surface area contributed by atoms with Gasteiger partial charge in [-0.15, -0.1) is 0 Å². The summed E-state index contributed by atoms with van der Waals surface area (Å²) in [5, 5.41) is 2.73. The molecule has 8 nitrogen and oxygen atoms in total. The van der Waals surface area contributed by atoms with Crippen LogP contribution < -0.4 is 24.3 Å². The molecular weight excluding hydrogens is 378 g/mol. The van der Waals surface area contributed by atoms with Crippen molar-refractivity contribution in [2.45, 2.75) is 25.7 Å². The number of nitrogens with one attached hydrogen (secondary N) is 1. The van der Waals surface area contributed by atoms with Crippen LogP contribution in [0.3, 0.4) is 0 Å². The maximum atomic E-state index is 12.3. The van der Waals surface area contributed by atoms with E-state index in [1.165, 1.54) is 14.0 Å². The van der Waals surface area contributed by atoms with E-state index in [1.54, 1.807) is 37.4 Å². The number of ether oxygens (including phenoxy) is 5. The van der Waals surface area contributed by atoms with E-state index in [-0.39, 0.29) is 13.2 Å². The lowest BCUT2D eigenvalue weighted by Crippen LogP contribution is -2.42. The zero-order valence-corrected chi connectivity index (χ0v) is 16.5. The zero-order valence-electron chi connectivity index (χ0n) is 16.5. The molecule has 0 spiro atoms. The summed E-state index contributed by atoms with van der Waals surface area (Å²) in [4.78, 5) is 24.6. The van der Waals surface area contributed by atoms with E-state index in [4.69, 9.17) is 23.7 Å². The van der Waals surface area contributed by atoms with Crippen molar-refractivity contribution < 1.29 is 33.3 Å². The van der Waals surface area contributed by atoms with Crippen LogP contribution in [0.5, 0.6) is 23.0 Å². The molecular formula is C21H23NO7. The fourth-order valence-electron chi connectivity index (χ4n) is 2.76. The van der Waals surface area contributed by atoms with E-state index in [0.717, 1.165) is 5.56 Å². The number of benzene rings is 2. The normalized spacial score (nSPS) is 15.8. The second-order valence-electron chi connectivity index (χ2n) is 6.35. The Balaban J connectivity index is 1.51. The summed E-state index contributed by atoms with van der Waals surface area (Å²) < 4.78 is 26.8. The highest BCUT2D eigenvalue weighted by molar-refractivity contribution is 5.84. The molecule has 3 rings (SSSR count). The fraction of sp³-hybridized carbons (Fsp3) is 0.333.